The predicted molar refractivity (Wildman–Crippen MR) is 125 cm³/mol. The fourth-order valence-electron chi connectivity index (χ4n) is 4.60. The molecule has 2 aromatic rings. The summed E-state index contributed by atoms with van der Waals surface area (Å²) >= 11 is 0. The lowest BCUT2D eigenvalue weighted by molar-refractivity contribution is 0.0713. The van der Waals surface area contributed by atoms with Crippen molar-refractivity contribution in [2.24, 2.45) is 11.7 Å². The number of hydrogen-bond donors (Lipinski definition) is 2. The number of aryl methyl sites for hydroxylation is 1. The van der Waals surface area contributed by atoms with Gasteiger partial charge >= 0.3 is 0 Å². The second-order valence-corrected chi connectivity index (χ2v) is 8.98. The molecule has 6 nitrogen and oxygen atoms in total. The van der Waals surface area contributed by atoms with Gasteiger partial charge in [0.05, 0.1) is 6.61 Å². The van der Waals surface area contributed by atoms with E-state index in [1.165, 1.54) is 5.56 Å². The number of piperidine rings is 1. The predicted octanol–water partition coefficient (Wildman–Crippen LogP) is 3.24. The van der Waals surface area contributed by atoms with E-state index in [9.17, 15) is 9.59 Å². The third-order valence-electron chi connectivity index (χ3n) is 6.77. The molecule has 0 spiro atoms. The molecule has 1 unspecified atom stereocenters. The maximum absolute atomic E-state index is 13.1. The molecule has 4 rings (SSSR count). The fourth-order valence-corrected chi connectivity index (χ4v) is 4.60. The van der Waals surface area contributed by atoms with Gasteiger partial charge < -0.3 is 20.7 Å². The van der Waals surface area contributed by atoms with E-state index in [-0.39, 0.29) is 11.8 Å². The Morgan fingerprint density at radius 2 is 1.84 bits per heavy atom. The Morgan fingerprint density at radius 3 is 2.50 bits per heavy atom. The highest BCUT2D eigenvalue weighted by atomic mass is 16.5. The molecular formula is C26H33N3O3. The minimum atomic E-state index is -0.122. The summed E-state index contributed by atoms with van der Waals surface area (Å²) < 4.78 is 5.38. The van der Waals surface area contributed by atoms with E-state index in [1.54, 1.807) is 6.07 Å². The van der Waals surface area contributed by atoms with Gasteiger partial charge in [0.2, 0.25) is 0 Å². The Bertz CT molecular complexity index is 943. The molecular weight excluding hydrogens is 402 g/mol. The van der Waals surface area contributed by atoms with Gasteiger partial charge in [0.1, 0.15) is 0 Å². The van der Waals surface area contributed by atoms with E-state index in [0.717, 1.165) is 50.1 Å². The molecule has 2 aromatic carbocycles. The summed E-state index contributed by atoms with van der Waals surface area (Å²) in [5.74, 6) is 0.713. The SMILES string of the molecule is Cc1ccc(C(=O)N2CCC(c3ccc(CN)cc3)CC2)cc1C(=O)NCC1CCOC1. The van der Waals surface area contributed by atoms with Crippen molar-refractivity contribution in [1.29, 1.82) is 0 Å². The van der Waals surface area contributed by atoms with E-state index in [4.69, 9.17) is 10.5 Å². The van der Waals surface area contributed by atoms with Gasteiger partial charge in [-0.25, -0.2) is 0 Å². The molecule has 0 aromatic heterocycles. The summed E-state index contributed by atoms with van der Waals surface area (Å²) in [6.07, 6.45) is 2.86. The number of amides is 2. The van der Waals surface area contributed by atoms with Crippen molar-refractivity contribution in [3.63, 3.8) is 0 Å². The van der Waals surface area contributed by atoms with Crippen LogP contribution in [0.4, 0.5) is 0 Å². The molecule has 1 atom stereocenters. The Morgan fingerprint density at radius 1 is 1.09 bits per heavy atom. The molecule has 0 radical (unpaired) electrons. The van der Waals surface area contributed by atoms with Crippen molar-refractivity contribution in [3.05, 3.63) is 70.3 Å². The summed E-state index contributed by atoms with van der Waals surface area (Å²) in [5.41, 5.74) is 10.2. The van der Waals surface area contributed by atoms with Crippen molar-refractivity contribution in [2.75, 3.05) is 32.8 Å². The van der Waals surface area contributed by atoms with Gasteiger partial charge in [0.15, 0.2) is 0 Å². The standard InChI is InChI=1S/C26H33N3O3/c1-18-2-5-23(14-24(18)25(30)28-16-20-10-13-32-17-20)26(31)29-11-8-22(9-12-29)21-6-3-19(15-27)4-7-21/h2-7,14,20,22H,8-13,15-17,27H2,1H3,(H,28,30). The molecule has 0 aliphatic carbocycles. The molecule has 2 heterocycles. The lowest BCUT2D eigenvalue weighted by Crippen LogP contribution is -2.38. The Kier molecular flexibility index (Phi) is 7.22. The molecule has 170 valence electrons. The second kappa shape index (κ2) is 10.3. The van der Waals surface area contributed by atoms with Crippen LogP contribution in [0.2, 0.25) is 0 Å². The highest BCUT2D eigenvalue weighted by Gasteiger charge is 2.25. The van der Waals surface area contributed by atoms with Crippen LogP contribution in [-0.2, 0) is 11.3 Å². The molecule has 2 aliphatic rings. The van der Waals surface area contributed by atoms with Gasteiger partial charge in [-0.1, -0.05) is 30.3 Å². The smallest absolute Gasteiger partial charge is 0.253 e. The molecule has 0 saturated carbocycles. The number of carbonyl (C=O) groups excluding carboxylic acids is 2. The van der Waals surface area contributed by atoms with Gasteiger partial charge in [0.25, 0.3) is 11.8 Å². The first-order valence-corrected chi connectivity index (χ1v) is 11.6. The number of hydrogen-bond acceptors (Lipinski definition) is 4. The van der Waals surface area contributed by atoms with E-state index in [1.807, 2.05) is 24.0 Å². The molecule has 3 N–H and O–H groups in total. The molecule has 2 saturated heterocycles. The van der Waals surface area contributed by atoms with Crippen LogP contribution < -0.4 is 11.1 Å². The number of carbonyl (C=O) groups is 2. The average Bonchev–Trinajstić information content (AvgIpc) is 3.36. The van der Waals surface area contributed by atoms with Crippen LogP contribution in [0.3, 0.4) is 0 Å². The largest absolute Gasteiger partial charge is 0.381 e. The maximum Gasteiger partial charge on any atom is 0.253 e. The number of likely N-dealkylation sites (tertiary alicyclic amines) is 1. The number of nitrogens with two attached hydrogens (primary N) is 1. The highest BCUT2D eigenvalue weighted by Crippen LogP contribution is 2.29. The van der Waals surface area contributed by atoms with Crippen molar-refractivity contribution in [2.45, 2.75) is 38.6 Å². The zero-order valence-electron chi connectivity index (χ0n) is 18.8. The topological polar surface area (TPSA) is 84.7 Å². The van der Waals surface area contributed by atoms with Gasteiger partial charge in [-0.05, 0) is 60.9 Å². The summed E-state index contributed by atoms with van der Waals surface area (Å²) in [7, 11) is 0. The maximum atomic E-state index is 13.1. The van der Waals surface area contributed by atoms with Crippen LogP contribution >= 0.6 is 0 Å². The van der Waals surface area contributed by atoms with Crippen LogP contribution in [0.15, 0.2) is 42.5 Å². The number of ether oxygens (including phenoxy) is 1. The van der Waals surface area contributed by atoms with E-state index in [0.29, 0.717) is 42.7 Å². The minimum Gasteiger partial charge on any atom is -0.381 e. The van der Waals surface area contributed by atoms with Crippen LogP contribution in [-0.4, -0.2) is 49.6 Å². The first-order chi connectivity index (χ1) is 15.5. The van der Waals surface area contributed by atoms with E-state index >= 15 is 0 Å². The molecule has 32 heavy (non-hydrogen) atoms. The fraction of sp³-hybridized carbons (Fsp3) is 0.462. The van der Waals surface area contributed by atoms with Crippen molar-refractivity contribution < 1.29 is 14.3 Å². The van der Waals surface area contributed by atoms with Gasteiger partial charge in [0, 0.05) is 49.8 Å². The third-order valence-corrected chi connectivity index (χ3v) is 6.77. The zero-order valence-corrected chi connectivity index (χ0v) is 18.8. The Labute approximate surface area is 190 Å². The minimum absolute atomic E-state index is 0.000160. The monoisotopic (exact) mass is 435 g/mol. The molecule has 2 amide bonds. The van der Waals surface area contributed by atoms with Gasteiger partial charge in [-0.3, -0.25) is 9.59 Å². The van der Waals surface area contributed by atoms with Gasteiger partial charge in [-0.15, -0.1) is 0 Å². The first kappa shape index (κ1) is 22.5. The van der Waals surface area contributed by atoms with Crippen molar-refractivity contribution >= 4 is 11.8 Å². The lowest BCUT2D eigenvalue weighted by Gasteiger charge is -2.32. The third kappa shape index (κ3) is 5.19. The normalized spacial score (nSPS) is 19.2. The molecule has 2 fully saturated rings. The van der Waals surface area contributed by atoms with Crippen molar-refractivity contribution in [3.8, 4) is 0 Å². The first-order valence-electron chi connectivity index (χ1n) is 11.6. The van der Waals surface area contributed by atoms with E-state index in [2.05, 4.69) is 29.6 Å². The summed E-state index contributed by atoms with van der Waals surface area (Å²) in [6, 6.07) is 13.9. The number of nitrogens with one attached hydrogen (secondary N) is 1. The van der Waals surface area contributed by atoms with Crippen LogP contribution in [0.5, 0.6) is 0 Å². The Balaban J connectivity index is 1.36. The Hall–Kier alpha value is -2.70. The van der Waals surface area contributed by atoms with Crippen molar-refractivity contribution in [1.82, 2.24) is 10.2 Å². The number of nitrogens with zero attached hydrogens (tertiary/aromatic N) is 1. The second-order valence-electron chi connectivity index (χ2n) is 8.98. The van der Waals surface area contributed by atoms with E-state index < -0.39 is 0 Å². The zero-order chi connectivity index (χ0) is 22.5. The lowest BCUT2D eigenvalue weighted by atomic mass is 9.88. The summed E-state index contributed by atoms with van der Waals surface area (Å²) in [5, 5.41) is 3.01. The number of rotatable bonds is 6. The summed E-state index contributed by atoms with van der Waals surface area (Å²) in [6.45, 7) is 5.97. The number of benzene rings is 2. The van der Waals surface area contributed by atoms with Crippen LogP contribution in [0, 0.1) is 12.8 Å². The average molecular weight is 436 g/mol. The quantitative estimate of drug-likeness (QED) is 0.730. The molecule has 2 aliphatic heterocycles. The van der Waals surface area contributed by atoms with Crippen LogP contribution in [0.25, 0.3) is 0 Å². The van der Waals surface area contributed by atoms with Crippen LogP contribution in [0.1, 0.15) is 62.6 Å². The summed E-state index contributed by atoms with van der Waals surface area (Å²) in [4.78, 5) is 27.8. The molecule has 6 heteroatoms. The highest BCUT2D eigenvalue weighted by molar-refractivity contribution is 6.00. The molecule has 0 bridgehead atoms. The van der Waals surface area contributed by atoms with Gasteiger partial charge in [-0.2, -0.15) is 0 Å².